The monoisotopic (exact) mass is 397 g/mol. The van der Waals surface area contributed by atoms with Crippen LogP contribution in [0.3, 0.4) is 0 Å². The van der Waals surface area contributed by atoms with Crippen molar-refractivity contribution >= 4 is 5.82 Å². The quantitative estimate of drug-likeness (QED) is 0.490. The predicted octanol–water partition coefficient (Wildman–Crippen LogP) is 5.12. The molecule has 0 bridgehead atoms. The van der Waals surface area contributed by atoms with E-state index >= 15 is 0 Å². The highest BCUT2D eigenvalue weighted by Crippen LogP contribution is 2.25. The van der Waals surface area contributed by atoms with Crippen molar-refractivity contribution in [2.24, 2.45) is 7.05 Å². The van der Waals surface area contributed by atoms with E-state index in [9.17, 15) is 0 Å². The number of hydrogen-bond donors (Lipinski definition) is 1. The van der Waals surface area contributed by atoms with Gasteiger partial charge >= 0.3 is 0 Å². The van der Waals surface area contributed by atoms with Crippen LogP contribution in [0.4, 0.5) is 5.82 Å². The zero-order valence-corrected chi connectivity index (χ0v) is 18.0. The average Bonchev–Trinajstić information content (AvgIpc) is 3.16. The van der Waals surface area contributed by atoms with Gasteiger partial charge in [-0.2, -0.15) is 5.10 Å². The molecule has 0 radical (unpaired) electrons. The number of hydrogen-bond acceptors (Lipinski definition) is 4. The molecule has 4 rings (SSSR count). The van der Waals surface area contributed by atoms with Crippen molar-refractivity contribution in [2.75, 3.05) is 11.9 Å². The third-order valence-corrected chi connectivity index (χ3v) is 5.19. The van der Waals surface area contributed by atoms with Crippen LogP contribution in [-0.4, -0.2) is 26.3 Å². The second kappa shape index (κ2) is 8.49. The molecule has 0 spiro atoms. The number of benzene rings is 2. The minimum atomic E-state index is 0.773. The second-order valence-electron chi connectivity index (χ2n) is 7.78. The van der Waals surface area contributed by atoms with Crippen LogP contribution in [0.2, 0.25) is 0 Å². The maximum atomic E-state index is 4.66. The molecule has 2 aromatic carbocycles. The lowest BCUT2D eigenvalue weighted by atomic mass is 10.0. The maximum absolute atomic E-state index is 4.66. The van der Waals surface area contributed by atoms with Crippen LogP contribution in [0.25, 0.3) is 22.4 Å². The zero-order chi connectivity index (χ0) is 21.1. The highest BCUT2D eigenvalue weighted by Gasteiger charge is 2.08. The van der Waals surface area contributed by atoms with Gasteiger partial charge in [0.1, 0.15) is 11.6 Å². The average molecular weight is 398 g/mol. The van der Waals surface area contributed by atoms with Crippen LogP contribution in [-0.2, 0) is 13.5 Å². The minimum absolute atomic E-state index is 0.773. The van der Waals surface area contributed by atoms with Gasteiger partial charge in [0.2, 0.25) is 0 Å². The van der Waals surface area contributed by atoms with Gasteiger partial charge in [-0.3, -0.25) is 4.68 Å². The molecule has 0 aliphatic rings. The first-order chi connectivity index (χ1) is 14.5. The van der Waals surface area contributed by atoms with E-state index in [-0.39, 0.29) is 0 Å². The van der Waals surface area contributed by atoms with E-state index in [0.29, 0.717) is 0 Å². The third kappa shape index (κ3) is 4.57. The second-order valence-corrected chi connectivity index (χ2v) is 7.78. The molecular formula is C25H27N5. The van der Waals surface area contributed by atoms with Crippen LogP contribution in [0.1, 0.15) is 22.5 Å². The highest BCUT2D eigenvalue weighted by atomic mass is 15.2. The summed E-state index contributed by atoms with van der Waals surface area (Å²) in [5, 5.41) is 7.74. The van der Waals surface area contributed by atoms with Crippen LogP contribution in [0, 0.1) is 20.8 Å². The summed E-state index contributed by atoms with van der Waals surface area (Å²) in [5.74, 6) is 1.64. The number of nitrogens with zero attached hydrogens (tertiary/aromatic N) is 4. The van der Waals surface area contributed by atoms with E-state index in [2.05, 4.69) is 76.7 Å². The molecule has 5 nitrogen and oxygen atoms in total. The Bertz CT molecular complexity index is 1180. The van der Waals surface area contributed by atoms with Gasteiger partial charge in [-0.05, 0) is 49.9 Å². The largest absolute Gasteiger partial charge is 0.370 e. The molecule has 2 aromatic heterocycles. The molecule has 4 aromatic rings. The maximum Gasteiger partial charge on any atom is 0.130 e. The molecule has 0 unspecified atom stereocenters. The van der Waals surface area contributed by atoms with Crippen molar-refractivity contribution in [1.82, 2.24) is 19.7 Å². The number of aryl methyl sites for hydroxylation is 4. The van der Waals surface area contributed by atoms with Gasteiger partial charge in [0.25, 0.3) is 0 Å². The Balaban J connectivity index is 1.47. The van der Waals surface area contributed by atoms with E-state index in [1.54, 1.807) is 0 Å². The SMILES string of the molecule is Cc1ccc(C)c(-c2cc(NCCc3cccc(-c4cnn(C)c4)c3)nc(C)n2)c1. The lowest BCUT2D eigenvalue weighted by Crippen LogP contribution is -2.08. The summed E-state index contributed by atoms with van der Waals surface area (Å²) in [4.78, 5) is 9.24. The predicted molar refractivity (Wildman–Crippen MR) is 123 cm³/mol. The molecule has 2 heterocycles. The Labute approximate surface area is 177 Å². The van der Waals surface area contributed by atoms with Gasteiger partial charge in [-0.25, -0.2) is 9.97 Å². The first-order valence-corrected chi connectivity index (χ1v) is 10.2. The fourth-order valence-electron chi connectivity index (χ4n) is 3.62. The van der Waals surface area contributed by atoms with Crippen LogP contribution in [0.5, 0.6) is 0 Å². The Morgan fingerprint density at radius 3 is 2.60 bits per heavy atom. The molecule has 0 aliphatic carbocycles. The topological polar surface area (TPSA) is 55.6 Å². The highest BCUT2D eigenvalue weighted by molar-refractivity contribution is 5.67. The number of rotatable bonds is 6. The van der Waals surface area contributed by atoms with E-state index in [0.717, 1.165) is 41.4 Å². The molecule has 5 heteroatoms. The summed E-state index contributed by atoms with van der Waals surface area (Å²) in [6.07, 6.45) is 4.85. The first-order valence-electron chi connectivity index (χ1n) is 10.2. The number of nitrogens with one attached hydrogen (secondary N) is 1. The Hall–Kier alpha value is -3.47. The fraction of sp³-hybridized carbons (Fsp3) is 0.240. The molecule has 0 atom stereocenters. The first kappa shape index (κ1) is 19.8. The smallest absolute Gasteiger partial charge is 0.130 e. The van der Waals surface area contributed by atoms with Crippen molar-refractivity contribution in [3.63, 3.8) is 0 Å². The third-order valence-electron chi connectivity index (χ3n) is 5.19. The standard InChI is InChI=1S/C25H27N5/c1-17-8-9-18(2)23(12-17)24-14-25(29-19(3)28-24)26-11-10-20-6-5-7-21(13-20)22-15-27-30(4)16-22/h5-9,12-16H,10-11H2,1-4H3,(H,26,28,29). The molecule has 0 saturated carbocycles. The molecule has 0 amide bonds. The summed E-state index contributed by atoms with van der Waals surface area (Å²) >= 11 is 0. The fourth-order valence-corrected chi connectivity index (χ4v) is 3.62. The molecule has 152 valence electrons. The molecule has 0 saturated heterocycles. The molecular weight excluding hydrogens is 370 g/mol. The van der Waals surface area contributed by atoms with Crippen LogP contribution >= 0.6 is 0 Å². The van der Waals surface area contributed by atoms with Crippen molar-refractivity contribution in [3.05, 3.63) is 83.4 Å². The molecule has 1 N–H and O–H groups in total. The van der Waals surface area contributed by atoms with E-state index in [1.165, 1.54) is 22.3 Å². The molecule has 0 aliphatic heterocycles. The normalized spacial score (nSPS) is 10.9. The van der Waals surface area contributed by atoms with Crippen LogP contribution in [0.15, 0.2) is 60.9 Å². The van der Waals surface area contributed by atoms with Crippen LogP contribution < -0.4 is 5.32 Å². The van der Waals surface area contributed by atoms with Gasteiger partial charge in [0.15, 0.2) is 0 Å². The Kier molecular flexibility index (Phi) is 5.61. The Morgan fingerprint density at radius 2 is 1.80 bits per heavy atom. The molecule has 0 fully saturated rings. The van der Waals surface area contributed by atoms with E-state index in [4.69, 9.17) is 0 Å². The minimum Gasteiger partial charge on any atom is -0.370 e. The molecule has 30 heavy (non-hydrogen) atoms. The van der Waals surface area contributed by atoms with Gasteiger partial charge < -0.3 is 5.32 Å². The Morgan fingerprint density at radius 1 is 0.933 bits per heavy atom. The van der Waals surface area contributed by atoms with Crippen molar-refractivity contribution in [3.8, 4) is 22.4 Å². The summed E-state index contributed by atoms with van der Waals surface area (Å²) in [6, 6.07) is 17.1. The van der Waals surface area contributed by atoms with Crippen molar-refractivity contribution in [2.45, 2.75) is 27.2 Å². The van der Waals surface area contributed by atoms with Gasteiger partial charge in [-0.1, -0.05) is 42.0 Å². The van der Waals surface area contributed by atoms with Crippen molar-refractivity contribution < 1.29 is 0 Å². The zero-order valence-electron chi connectivity index (χ0n) is 18.0. The van der Waals surface area contributed by atoms with E-state index < -0.39 is 0 Å². The lowest BCUT2D eigenvalue weighted by Gasteiger charge is -2.11. The van der Waals surface area contributed by atoms with Gasteiger partial charge in [0, 0.05) is 37.0 Å². The van der Waals surface area contributed by atoms with Gasteiger partial charge in [-0.15, -0.1) is 0 Å². The summed E-state index contributed by atoms with van der Waals surface area (Å²) in [6.45, 7) is 6.97. The number of aromatic nitrogens is 4. The van der Waals surface area contributed by atoms with Gasteiger partial charge in [0.05, 0.1) is 11.9 Å². The lowest BCUT2D eigenvalue weighted by molar-refractivity contribution is 0.768. The summed E-state index contributed by atoms with van der Waals surface area (Å²) in [7, 11) is 1.94. The summed E-state index contributed by atoms with van der Waals surface area (Å²) in [5.41, 5.74) is 8.18. The summed E-state index contributed by atoms with van der Waals surface area (Å²) < 4.78 is 1.83. The van der Waals surface area contributed by atoms with Crippen molar-refractivity contribution in [1.29, 1.82) is 0 Å². The van der Waals surface area contributed by atoms with E-state index in [1.807, 2.05) is 37.1 Å². The number of anilines is 1.